The molecule has 2 spiro atoms. The van der Waals surface area contributed by atoms with Gasteiger partial charge >= 0.3 is 0 Å². The molecule has 2 heterocycles. The summed E-state index contributed by atoms with van der Waals surface area (Å²) in [5, 5.41) is 52.8. The van der Waals surface area contributed by atoms with E-state index in [-0.39, 0.29) is 78.2 Å². The molecular weight excluding hydrogens is 981 g/mol. The van der Waals surface area contributed by atoms with Gasteiger partial charge in [-0.05, 0) is 192 Å². The number of carbonyl (C=O) groups excluding carboxylic acids is 1. The number of carbonyl (C=O) groups is 1. The van der Waals surface area contributed by atoms with E-state index < -0.39 is 22.7 Å². The number of nitrogens with zero attached hydrogens (tertiary/aromatic N) is 1. The number of guanidine groups is 1. The van der Waals surface area contributed by atoms with E-state index in [1.807, 2.05) is 25.3 Å². The maximum atomic E-state index is 15.8. The van der Waals surface area contributed by atoms with Gasteiger partial charge in [-0.15, -0.1) is 0 Å². The molecule has 2 aromatic carbocycles. The molecule has 5 saturated carbocycles. The Morgan fingerprint density at radius 3 is 2.59 bits per heavy atom. The Kier molecular flexibility index (Phi) is 17.6. The number of phenols is 1. The van der Waals surface area contributed by atoms with Crippen LogP contribution in [0.2, 0.25) is 0 Å². The predicted octanol–water partition coefficient (Wildman–Crippen LogP) is 9.96. The van der Waals surface area contributed by atoms with E-state index in [1.165, 1.54) is 0 Å². The fraction of sp³-hybridized carbons (Fsp3) is 0.662. The predicted molar refractivity (Wildman–Crippen MR) is 304 cm³/mol. The lowest BCUT2D eigenvalue weighted by atomic mass is 9.46. The van der Waals surface area contributed by atoms with Crippen molar-refractivity contribution in [3.05, 3.63) is 65.8 Å². The molecule has 2 aromatic rings. The molecule has 422 valence electrons. The third-order valence-corrected chi connectivity index (χ3v) is 20.7. The summed E-state index contributed by atoms with van der Waals surface area (Å²) >= 11 is 0. The Labute approximate surface area is 464 Å². The average Bonchev–Trinajstić information content (AvgIpc) is 4.31. The van der Waals surface area contributed by atoms with E-state index >= 15 is 4.79 Å². The number of rotatable bonds is 15. The number of ether oxygens (including phenoxy) is 4. The highest BCUT2D eigenvalue weighted by atomic mass is 16.6. The van der Waals surface area contributed by atoms with Crippen LogP contribution >= 0.6 is 0 Å². The lowest BCUT2D eigenvalue weighted by molar-refractivity contribution is -0.125. The fourth-order valence-corrected chi connectivity index (χ4v) is 17.3. The van der Waals surface area contributed by atoms with Crippen molar-refractivity contribution in [1.82, 2.24) is 10.6 Å². The maximum Gasteiger partial charge on any atom is 0.207 e. The molecule has 7 N–H and O–H groups in total. The van der Waals surface area contributed by atoms with Gasteiger partial charge in [0.15, 0.2) is 29.3 Å². The highest BCUT2D eigenvalue weighted by molar-refractivity contribution is 5.97. The van der Waals surface area contributed by atoms with E-state index in [1.54, 1.807) is 20.2 Å². The summed E-state index contributed by atoms with van der Waals surface area (Å²) in [5.74, 6) is 11.0. The fourth-order valence-electron chi connectivity index (χ4n) is 17.3. The summed E-state index contributed by atoms with van der Waals surface area (Å²) in [4.78, 5) is 20.6. The molecule has 13 atom stereocenters. The Morgan fingerprint density at radius 2 is 1.81 bits per heavy atom. The van der Waals surface area contributed by atoms with Gasteiger partial charge in [-0.3, -0.25) is 15.1 Å². The van der Waals surface area contributed by atoms with Gasteiger partial charge in [-0.25, -0.2) is 0 Å². The van der Waals surface area contributed by atoms with Gasteiger partial charge in [0, 0.05) is 61.9 Å². The standard InChI is InChI=1S/C65H88N4O9/c1-5-43-18-20-48-49(16-12-30-70)51-17-10-27-65(51)47-37-54(60-57(38-47)78-63(42-66-2)40-45(36-59(74)76-32-13-31-71)53(41-63)62(28-33-77-60)24-7-6-8-25-62)69-61(67-3)68-29-11-15-46-14-9-26-64(46,58(73)23-21-52(65)50(48)34-43)39-44-19-22-55(72)56(35-44)75-4/h18-23,35,37-38,43,45-46,48-53,59,66,70-72,74H,5-10,12-17,24-27,30-32,34,36,39-42H2,1-4H3,(H2,67,68,69). The number of hydrogen-bond donors (Lipinski definition) is 7. The zero-order valence-electron chi connectivity index (χ0n) is 46.9. The molecule has 13 heteroatoms. The first-order valence-corrected chi connectivity index (χ1v) is 29.9. The largest absolute Gasteiger partial charge is 0.504 e. The highest BCUT2D eigenvalue weighted by Gasteiger charge is 2.61. The third-order valence-electron chi connectivity index (χ3n) is 20.7. The number of fused-ring (bicyclic) bond motifs is 10. The molecule has 4 bridgehead atoms. The van der Waals surface area contributed by atoms with Gasteiger partial charge in [0.1, 0.15) is 11.7 Å². The second kappa shape index (κ2) is 24.4. The number of ketones is 1. The molecule has 0 aromatic heterocycles. The number of nitrogens with one attached hydrogen (secondary N) is 3. The Hall–Kier alpha value is -5.02. The van der Waals surface area contributed by atoms with Gasteiger partial charge in [0.25, 0.3) is 0 Å². The molecule has 78 heavy (non-hydrogen) atoms. The Bertz CT molecular complexity index is 2680. The van der Waals surface area contributed by atoms with Crippen molar-refractivity contribution in [3.8, 4) is 47.0 Å². The summed E-state index contributed by atoms with van der Waals surface area (Å²) in [5.41, 5.74) is 0.557. The highest BCUT2D eigenvalue weighted by Crippen LogP contribution is 2.67. The summed E-state index contributed by atoms with van der Waals surface area (Å²) in [7, 11) is 5.30. The second-order valence-electron chi connectivity index (χ2n) is 24.7. The van der Waals surface area contributed by atoms with Gasteiger partial charge in [0.2, 0.25) is 11.7 Å². The minimum atomic E-state index is -0.987. The van der Waals surface area contributed by atoms with Crippen LogP contribution in [-0.2, 0) is 21.4 Å². The molecule has 6 aliphatic carbocycles. The number of anilines is 1. The first kappa shape index (κ1) is 56.3. The zero-order valence-corrected chi connectivity index (χ0v) is 46.9. The molecule has 0 radical (unpaired) electrons. The summed E-state index contributed by atoms with van der Waals surface area (Å²) < 4.78 is 26.2. The normalized spacial score (nSPS) is 34.4. The van der Waals surface area contributed by atoms with Crippen LogP contribution < -0.4 is 30.2 Å². The van der Waals surface area contributed by atoms with Gasteiger partial charge in [0.05, 0.1) is 19.4 Å². The summed E-state index contributed by atoms with van der Waals surface area (Å²) in [6.07, 6.45) is 29.3. The topological polar surface area (TPSA) is 183 Å². The van der Waals surface area contributed by atoms with Crippen LogP contribution in [0.1, 0.15) is 146 Å². The Morgan fingerprint density at radius 1 is 0.974 bits per heavy atom. The molecular formula is C65H88N4O9. The number of aliphatic imine (C=N–C) groups is 1. The van der Waals surface area contributed by atoms with Crippen molar-refractivity contribution in [2.45, 2.75) is 159 Å². The monoisotopic (exact) mass is 1070 g/mol. The molecule has 8 aliphatic rings. The van der Waals surface area contributed by atoms with Gasteiger partial charge in [-0.1, -0.05) is 75.2 Å². The SMILES string of the molecule is CCC1C=CC2C(C1)C1C=CC(=O)C3(Cc4ccc(O)c(OC)c4)CCCC3CC#CNC(=NC)Nc3cc(cc4c3OC#CC3(CCCCC3)C3CC(CNC)(CC3CC(O)OCCCO)O4)C13CCCC3C2CCCO. The van der Waals surface area contributed by atoms with Crippen LogP contribution in [0.25, 0.3) is 0 Å². The van der Waals surface area contributed by atoms with E-state index in [0.717, 1.165) is 114 Å². The van der Waals surface area contributed by atoms with Gasteiger partial charge < -0.3 is 50.0 Å². The quantitative estimate of drug-likeness (QED) is 0.0389. The number of likely N-dealkylation sites (N-methyl/N-ethyl adjacent to an activating group) is 1. The van der Waals surface area contributed by atoms with E-state index in [2.05, 4.69) is 77.2 Å². The lowest BCUT2D eigenvalue weighted by Gasteiger charge is -2.58. The van der Waals surface area contributed by atoms with E-state index in [9.17, 15) is 20.4 Å². The average molecular weight is 1070 g/mol. The number of aromatic hydroxyl groups is 1. The van der Waals surface area contributed by atoms with E-state index in [0.29, 0.717) is 79.4 Å². The van der Waals surface area contributed by atoms with Crippen LogP contribution in [0.5, 0.6) is 23.0 Å². The first-order valence-electron chi connectivity index (χ1n) is 29.9. The lowest BCUT2D eigenvalue weighted by Crippen LogP contribution is -2.54. The van der Waals surface area contributed by atoms with Gasteiger partial charge in [-0.2, -0.15) is 0 Å². The number of hydrogen-bond acceptors (Lipinski definition) is 11. The number of aliphatic hydroxyl groups is 3. The molecule has 0 saturated heterocycles. The third kappa shape index (κ3) is 10.9. The molecule has 5 fully saturated rings. The van der Waals surface area contributed by atoms with Crippen LogP contribution in [0.3, 0.4) is 0 Å². The van der Waals surface area contributed by atoms with Crippen molar-refractivity contribution >= 4 is 17.4 Å². The summed E-state index contributed by atoms with van der Waals surface area (Å²) in [6.45, 7) is 3.28. The minimum Gasteiger partial charge on any atom is -0.504 e. The zero-order chi connectivity index (χ0) is 54.5. The summed E-state index contributed by atoms with van der Waals surface area (Å²) in [6, 6.07) is 13.3. The van der Waals surface area contributed by atoms with Crippen molar-refractivity contribution < 1.29 is 44.2 Å². The molecule has 10 rings (SSSR count). The van der Waals surface area contributed by atoms with Crippen molar-refractivity contribution in [3.63, 3.8) is 0 Å². The van der Waals surface area contributed by atoms with Crippen molar-refractivity contribution in [2.24, 2.45) is 69.1 Å². The smallest absolute Gasteiger partial charge is 0.207 e. The molecule has 13 nitrogen and oxygen atoms in total. The number of benzene rings is 2. The maximum absolute atomic E-state index is 15.8. The molecule has 13 unspecified atom stereocenters. The number of allylic oxidation sites excluding steroid dienone is 4. The van der Waals surface area contributed by atoms with Crippen LogP contribution in [0, 0.1) is 88.1 Å². The number of methoxy groups -OCH3 is 1. The first-order chi connectivity index (χ1) is 38.0. The minimum absolute atomic E-state index is 0.00147. The van der Waals surface area contributed by atoms with Crippen molar-refractivity contribution in [2.75, 3.05) is 52.9 Å². The second-order valence-corrected chi connectivity index (χ2v) is 24.7. The van der Waals surface area contributed by atoms with Crippen LogP contribution in [-0.4, -0.2) is 91.6 Å². The number of phenolic OH excluding ortho intramolecular Hbond substituents is 1. The number of aliphatic hydroxyl groups excluding tert-OH is 3. The molecule has 0 amide bonds. The Balaban J connectivity index is 1.17. The molecule has 2 aliphatic heterocycles. The van der Waals surface area contributed by atoms with Crippen LogP contribution in [0.15, 0.2) is 59.6 Å². The van der Waals surface area contributed by atoms with Crippen molar-refractivity contribution in [1.29, 1.82) is 0 Å². The van der Waals surface area contributed by atoms with E-state index in [4.69, 9.17) is 23.9 Å². The van der Waals surface area contributed by atoms with Crippen LogP contribution in [0.4, 0.5) is 5.69 Å².